The molecule has 0 radical (unpaired) electrons. The Kier molecular flexibility index (Phi) is 5.05. The molecule has 1 aromatic carbocycles. The van der Waals surface area contributed by atoms with Crippen LogP contribution in [0.15, 0.2) is 18.2 Å². The van der Waals surface area contributed by atoms with Gasteiger partial charge in [0.05, 0.1) is 18.2 Å². The van der Waals surface area contributed by atoms with Gasteiger partial charge in [-0.05, 0) is 31.0 Å². The zero-order valence-corrected chi connectivity index (χ0v) is 13.9. The molecule has 5 heteroatoms. The van der Waals surface area contributed by atoms with E-state index >= 15 is 0 Å². The zero-order valence-electron chi connectivity index (χ0n) is 13.9. The van der Waals surface area contributed by atoms with E-state index in [4.69, 9.17) is 10.00 Å². The van der Waals surface area contributed by atoms with Gasteiger partial charge in [-0.1, -0.05) is 20.8 Å². The fraction of sp³-hybridized carbons (Fsp3) is 0.500. The minimum atomic E-state index is -0.890. The molecule has 0 atom stereocenters. The molecule has 0 aromatic heterocycles. The third kappa shape index (κ3) is 2.94. The first kappa shape index (κ1) is 17.0. The minimum absolute atomic E-state index is 0.0169. The van der Waals surface area contributed by atoms with Crippen molar-refractivity contribution in [2.75, 3.05) is 11.4 Å². The van der Waals surface area contributed by atoms with Crippen molar-refractivity contribution < 1.29 is 14.3 Å². The molecular formula is C18H22N2O3. The molecule has 0 aliphatic carbocycles. The van der Waals surface area contributed by atoms with Gasteiger partial charge in [0, 0.05) is 18.5 Å². The zero-order chi connectivity index (χ0) is 17.0. The second kappa shape index (κ2) is 6.82. The Hall–Kier alpha value is -2.35. The van der Waals surface area contributed by atoms with Crippen molar-refractivity contribution in [2.24, 2.45) is 0 Å². The number of ketones is 1. The summed E-state index contributed by atoms with van der Waals surface area (Å²) in [5.41, 5.74) is 0.255. The van der Waals surface area contributed by atoms with Crippen LogP contribution in [0.1, 0.15) is 56.8 Å². The lowest BCUT2D eigenvalue weighted by Gasteiger charge is -2.42. The first-order valence-corrected chi connectivity index (χ1v) is 8.08. The van der Waals surface area contributed by atoms with E-state index in [0.717, 1.165) is 0 Å². The Bertz CT molecular complexity index is 657. The average molecular weight is 314 g/mol. The van der Waals surface area contributed by atoms with Gasteiger partial charge in [-0.2, -0.15) is 5.26 Å². The van der Waals surface area contributed by atoms with Crippen LogP contribution in [0.25, 0.3) is 0 Å². The number of hydrogen-bond donors (Lipinski definition) is 0. The molecule has 0 saturated carbocycles. The molecule has 2 rings (SSSR count). The maximum atomic E-state index is 12.9. The number of fused-ring (bicyclic) bond motifs is 1. The summed E-state index contributed by atoms with van der Waals surface area (Å²) in [6.07, 6.45) is 1.75. The molecule has 0 fully saturated rings. The molecule has 1 heterocycles. The highest BCUT2D eigenvalue weighted by Gasteiger charge is 2.45. The van der Waals surface area contributed by atoms with Crippen LogP contribution in [-0.4, -0.2) is 23.8 Å². The van der Waals surface area contributed by atoms with Crippen molar-refractivity contribution in [2.45, 2.75) is 52.1 Å². The van der Waals surface area contributed by atoms with Crippen molar-refractivity contribution in [3.63, 3.8) is 0 Å². The summed E-state index contributed by atoms with van der Waals surface area (Å²) >= 11 is 0. The smallest absolute Gasteiger partial charge is 0.271 e. The molecule has 1 amide bonds. The molecule has 5 nitrogen and oxygen atoms in total. The summed E-state index contributed by atoms with van der Waals surface area (Å²) < 4.78 is 6.02. The Morgan fingerprint density at radius 2 is 2.00 bits per heavy atom. The molecule has 1 aliphatic rings. The van der Waals surface area contributed by atoms with Gasteiger partial charge in [-0.25, -0.2) is 0 Å². The van der Waals surface area contributed by atoms with Crippen molar-refractivity contribution in [3.8, 4) is 11.8 Å². The number of benzene rings is 1. The van der Waals surface area contributed by atoms with Crippen LogP contribution in [0, 0.1) is 11.3 Å². The van der Waals surface area contributed by atoms with Crippen LogP contribution in [0.3, 0.4) is 0 Å². The predicted octanol–water partition coefficient (Wildman–Crippen LogP) is 3.48. The number of ether oxygens (including phenoxy) is 1. The van der Waals surface area contributed by atoms with Gasteiger partial charge < -0.3 is 9.64 Å². The lowest BCUT2D eigenvalue weighted by atomic mass is 9.92. The number of nitriles is 1. The number of carbonyl (C=O) groups is 2. The summed E-state index contributed by atoms with van der Waals surface area (Å²) in [4.78, 5) is 26.5. The summed E-state index contributed by atoms with van der Waals surface area (Å²) in [5.74, 6) is 0.480. The van der Waals surface area contributed by atoms with E-state index in [1.807, 2.05) is 13.8 Å². The molecule has 1 aromatic rings. The van der Waals surface area contributed by atoms with Crippen LogP contribution in [0.4, 0.5) is 5.69 Å². The lowest BCUT2D eigenvalue weighted by molar-refractivity contribution is -0.136. The van der Waals surface area contributed by atoms with Gasteiger partial charge >= 0.3 is 0 Å². The highest BCUT2D eigenvalue weighted by atomic mass is 16.5. The van der Waals surface area contributed by atoms with Gasteiger partial charge in [0.2, 0.25) is 0 Å². The van der Waals surface area contributed by atoms with Gasteiger partial charge in [0.25, 0.3) is 5.91 Å². The topological polar surface area (TPSA) is 70.4 Å². The maximum absolute atomic E-state index is 12.9. The number of nitrogens with zero attached hydrogens (tertiary/aromatic N) is 2. The highest BCUT2D eigenvalue weighted by molar-refractivity contribution is 6.05. The van der Waals surface area contributed by atoms with E-state index in [1.54, 1.807) is 30.0 Å². The Morgan fingerprint density at radius 1 is 1.30 bits per heavy atom. The molecule has 0 spiro atoms. The first-order valence-electron chi connectivity index (χ1n) is 8.08. The quantitative estimate of drug-likeness (QED) is 0.754. The van der Waals surface area contributed by atoms with E-state index in [2.05, 4.69) is 6.07 Å². The number of anilines is 1. The molecule has 122 valence electrons. The van der Waals surface area contributed by atoms with Crippen molar-refractivity contribution >= 4 is 17.4 Å². The molecule has 0 unspecified atom stereocenters. The van der Waals surface area contributed by atoms with Crippen molar-refractivity contribution in [3.05, 3.63) is 23.8 Å². The van der Waals surface area contributed by atoms with Gasteiger partial charge in [0.15, 0.2) is 11.4 Å². The number of amides is 1. The fourth-order valence-corrected chi connectivity index (χ4v) is 2.88. The van der Waals surface area contributed by atoms with Crippen LogP contribution in [0.5, 0.6) is 5.75 Å². The highest BCUT2D eigenvalue weighted by Crippen LogP contribution is 2.41. The van der Waals surface area contributed by atoms with Crippen LogP contribution >= 0.6 is 0 Å². The van der Waals surface area contributed by atoms with Crippen molar-refractivity contribution in [1.82, 2.24) is 0 Å². The SMILES string of the molecule is CCC(=O)c1ccc2c(c1)N(CCC#N)C(=O)C(CC)(CC)O2. The largest absolute Gasteiger partial charge is 0.475 e. The Morgan fingerprint density at radius 3 is 2.57 bits per heavy atom. The number of carbonyl (C=O) groups excluding carboxylic acids is 2. The number of hydrogen-bond acceptors (Lipinski definition) is 4. The average Bonchev–Trinajstić information content (AvgIpc) is 2.59. The van der Waals surface area contributed by atoms with E-state index in [0.29, 0.717) is 42.8 Å². The minimum Gasteiger partial charge on any atom is -0.475 e. The Balaban J connectivity index is 2.53. The second-order valence-corrected chi connectivity index (χ2v) is 5.63. The van der Waals surface area contributed by atoms with E-state index in [-0.39, 0.29) is 18.1 Å². The van der Waals surface area contributed by atoms with Crippen LogP contribution in [0.2, 0.25) is 0 Å². The summed E-state index contributed by atoms with van der Waals surface area (Å²) in [7, 11) is 0. The van der Waals surface area contributed by atoms with Crippen molar-refractivity contribution in [1.29, 1.82) is 5.26 Å². The van der Waals surface area contributed by atoms with Crippen LogP contribution < -0.4 is 9.64 Å². The predicted molar refractivity (Wildman–Crippen MR) is 87.6 cm³/mol. The number of Topliss-reactive ketones (excluding diaryl/α,β-unsaturated/α-hetero) is 1. The number of rotatable bonds is 6. The lowest BCUT2D eigenvalue weighted by Crippen LogP contribution is -2.55. The molecule has 0 saturated heterocycles. The van der Waals surface area contributed by atoms with Gasteiger partial charge in [-0.15, -0.1) is 0 Å². The third-order valence-electron chi connectivity index (χ3n) is 4.42. The molecule has 0 bridgehead atoms. The monoisotopic (exact) mass is 314 g/mol. The van der Waals surface area contributed by atoms with Gasteiger partial charge in [0.1, 0.15) is 5.75 Å². The molecule has 0 N–H and O–H groups in total. The molecule has 1 aliphatic heterocycles. The summed E-state index contributed by atoms with van der Waals surface area (Å²) in [6.45, 7) is 5.95. The maximum Gasteiger partial charge on any atom is 0.271 e. The van der Waals surface area contributed by atoms with E-state index < -0.39 is 5.60 Å². The summed E-state index contributed by atoms with van der Waals surface area (Å²) in [6, 6.07) is 7.27. The standard InChI is InChI=1S/C18H22N2O3/c1-4-15(21)13-8-9-16-14(12-13)20(11-7-10-19)17(22)18(5-2,6-3)23-16/h8-9,12H,4-7,11H2,1-3H3. The normalized spacial score (nSPS) is 15.6. The van der Waals surface area contributed by atoms with Gasteiger partial charge in [-0.3, -0.25) is 9.59 Å². The van der Waals surface area contributed by atoms with E-state index in [9.17, 15) is 9.59 Å². The fourth-order valence-electron chi connectivity index (χ4n) is 2.88. The van der Waals surface area contributed by atoms with E-state index in [1.165, 1.54) is 0 Å². The first-order chi connectivity index (χ1) is 11.0. The molecule has 23 heavy (non-hydrogen) atoms. The Labute approximate surface area is 136 Å². The molecular weight excluding hydrogens is 292 g/mol. The summed E-state index contributed by atoms with van der Waals surface area (Å²) in [5, 5.41) is 8.88. The second-order valence-electron chi connectivity index (χ2n) is 5.63. The van der Waals surface area contributed by atoms with Crippen LogP contribution in [-0.2, 0) is 4.79 Å². The third-order valence-corrected chi connectivity index (χ3v) is 4.42.